The Hall–Kier alpha value is -1.89. The third-order valence-electron chi connectivity index (χ3n) is 4.25. The highest BCUT2D eigenvalue weighted by molar-refractivity contribution is 5.91. The van der Waals surface area contributed by atoms with Crippen LogP contribution in [0.25, 0.3) is 11.0 Å². The molecule has 4 rings (SSSR count). The highest BCUT2D eigenvalue weighted by Gasteiger charge is 2.23. The van der Waals surface area contributed by atoms with Gasteiger partial charge in [0.2, 0.25) is 5.95 Å². The number of anilines is 2. The number of piperazine rings is 1. The van der Waals surface area contributed by atoms with Crippen LogP contribution in [0.4, 0.5) is 11.8 Å². The van der Waals surface area contributed by atoms with Crippen molar-refractivity contribution in [3.05, 3.63) is 5.69 Å². The van der Waals surface area contributed by atoms with Gasteiger partial charge in [0.05, 0.1) is 11.1 Å². The molecule has 0 radical (unpaired) electrons. The van der Waals surface area contributed by atoms with Crippen LogP contribution in [0.2, 0.25) is 0 Å². The van der Waals surface area contributed by atoms with Crippen molar-refractivity contribution in [2.24, 2.45) is 0 Å². The number of aromatic amines is 1. The van der Waals surface area contributed by atoms with Crippen LogP contribution in [-0.2, 0) is 6.42 Å². The predicted octanol–water partition coefficient (Wildman–Crippen LogP) is 0.463. The maximum absolute atomic E-state index is 4.70. The highest BCUT2D eigenvalue weighted by Crippen LogP contribution is 2.28. The topological polar surface area (TPSA) is 73.0 Å². The molecular weight excluding hydrogens is 254 g/mol. The van der Waals surface area contributed by atoms with Gasteiger partial charge in [-0.15, -0.1) is 0 Å². The van der Waals surface area contributed by atoms with Gasteiger partial charge in [0, 0.05) is 39.1 Å². The Bertz CT molecular complexity index is 627. The SMILES string of the molecule is CCN1CCN(c2nc3c4c([nH]nc4n2)CCN3)CC1. The van der Waals surface area contributed by atoms with Crippen LogP contribution in [0.1, 0.15) is 12.6 Å². The third-order valence-corrected chi connectivity index (χ3v) is 4.25. The summed E-state index contributed by atoms with van der Waals surface area (Å²) in [7, 11) is 0. The molecule has 106 valence electrons. The first-order chi connectivity index (χ1) is 9.85. The quantitative estimate of drug-likeness (QED) is 0.828. The summed E-state index contributed by atoms with van der Waals surface area (Å²) < 4.78 is 0. The van der Waals surface area contributed by atoms with Gasteiger partial charge in [-0.3, -0.25) is 5.10 Å². The summed E-state index contributed by atoms with van der Waals surface area (Å²) in [5.74, 6) is 1.73. The monoisotopic (exact) mass is 273 g/mol. The van der Waals surface area contributed by atoms with Gasteiger partial charge in [-0.05, 0) is 6.54 Å². The van der Waals surface area contributed by atoms with E-state index in [4.69, 9.17) is 4.98 Å². The fourth-order valence-corrected chi connectivity index (χ4v) is 2.99. The maximum atomic E-state index is 4.70. The molecule has 0 saturated carbocycles. The molecule has 7 nitrogen and oxygen atoms in total. The highest BCUT2D eigenvalue weighted by atomic mass is 15.3. The van der Waals surface area contributed by atoms with Gasteiger partial charge in [0.25, 0.3) is 0 Å². The minimum absolute atomic E-state index is 0.783. The molecule has 0 spiro atoms. The molecule has 0 aliphatic carbocycles. The summed E-state index contributed by atoms with van der Waals surface area (Å²) in [6.07, 6.45) is 0.960. The third kappa shape index (κ3) is 1.81. The van der Waals surface area contributed by atoms with Crippen molar-refractivity contribution >= 4 is 22.8 Å². The van der Waals surface area contributed by atoms with E-state index < -0.39 is 0 Å². The van der Waals surface area contributed by atoms with Gasteiger partial charge in [0.1, 0.15) is 5.82 Å². The van der Waals surface area contributed by atoms with Crippen LogP contribution >= 0.6 is 0 Å². The molecule has 0 aromatic carbocycles. The molecule has 20 heavy (non-hydrogen) atoms. The molecule has 1 saturated heterocycles. The van der Waals surface area contributed by atoms with E-state index in [2.05, 4.69) is 37.2 Å². The van der Waals surface area contributed by atoms with Gasteiger partial charge in [-0.25, -0.2) is 0 Å². The Kier molecular flexibility index (Phi) is 2.73. The lowest BCUT2D eigenvalue weighted by atomic mass is 10.1. The molecule has 1 fully saturated rings. The standard InChI is InChI=1S/C13H19N7/c1-2-19-5-7-20(8-6-19)13-15-11-10-9(3-4-14-11)17-18-12(10)16-13/h2-8H2,1H3,(H2,14,15,16,17,18). The molecule has 0 atom stereocenters. The van der Waals surface area contributed by atoms with Crippen molar-refractivity contribution in [3.8, 4) is 0 Å². The van der Waals surface area contributed by atoms with Gasteiger partial charge in [-0.2, -0.15) is 15.1 Å². The van der Waals surface area contributed by atoms with Crippen molar-refractivity contribution in [3.63, 3.8) is 0 Å². The molecule has 2 aromatic rings. The van der Waals surface area contributed by atoms with Crippen molar-refractivity contribution in [2.45, 2.75) is 13.3 Å². The Labute approximate surface area is 117 Å². The number of likely N-dealkylation sites (N-methyl/N-ethyl adjacent to an activating group) is 1. The van der Waals surface area contributed by atoms with Crippen molar-refractivity contribution in [1.29, 1.82) is 0 Å². The number of nitrogens with one attached hydrogen (secondary N) is 2. The molecular formula is C13H19N7. The largest absolute Gasteiger partial charge is 0.369 e. The zero-order valence-electron chi connectivity index (χ0n) is 11.7. The molecule has 2 aliphatic rings. The van der Waals surface area contributed by atoms with Gasteiger partial charge >= 0.3 is 0 Å². The zero-order chi connectivity index (χ0) is 13.5. The summed E-state index contributed by atoms with van der Waals surface area (Å²) >= 11 is 0. The van der Waals surface area contributed by atoms with E-state index in [1.807, 2.05) is 0 Å². The van der Waals surface area contributed by atoms with Crippen LogP contribution in [0.5, 0.6) is 0 Å². The number of hydrogen-bond donors (Lipinski definition) is 2. The van der Waals surface area contributed by atoms with Crippen LogP contribution < -0.4 is 10.2 Å². The van der Waals surface area contributed by atoms with Gasteiger partial charge < -0.3 is 15.1 Å². The average Bonchev–Trinajstić information content (AvgIpc) is 2.92. The minimum atomic E-state index is 0.783. The summed E-state index contributed by atoms with van der Waals surface area (Å²) in [6.45, 7) is 8.34. The van der Waals surface area contributed by atoms with E-state index in [9.17, 15) is 0 Å². The second-order valence-electron chi connectivity index (χ2n) is 5.37. The second kappa shape index (κ2) is 4.59. The van der Waals surface area contributed by atoms with Gasteiger partial charge in [0.15, 0.2) is 5.65 Å². The van der Waals surface area contributed by atoms with Crippen LogP contribution in [-0.4, -0.2) is 64.3 Å². The molecule has 4 heterocycles. The minimum Gasteiger partial charge on any atom is -0.369 e. The van der Waals surface area contributed by atoms with E-state index in [0.29, 0.717) is 0 Å². The predicted molar refractivity (Wildman–Crippen MR) is 78.2 cm³/mol. The van der Waals surface area contributed by atoms with Crippen molar-refractivity contribution in [1.82, 2.24) is 25.1 Å². The molecule has 0 unspecified atom stereocenters. The lowest BCUT2D eigenvalue weighted by Crippen LogP contribution is -2.46. The Morgan fingerprint density at radius 2 is 2.00 bits per heavy atom. The second-order valence-corrected chi connectivity index (χ2v) is 5.37. The fourth-order valence-electron chi connectivity index (χ4n) is 2.99. The van der Waals surface area contributed by atoms with Crippen LogP contribution in [0.3, 0.4) is 0 Å². The first-order valence-corrected chi connectivity index (χ1v) is 7.31. The summed E-state index contributed by atoms with van der Waals surface area (Å²) in [4.78, 5) is 14.0. The number of H-pyrrole nitrogens is 1. The maximum Gasteiger partial charge on any atom is 0.229 e. The van der Waals surface area contributed by atoms with E-state index in [-0.39, 0.29) is 0 Å². The lowest BCUT2D eigenvalue weighted by Gasteiger charge is -2.34. The van der Waals surface area contributed by atoms with Crippen LogP contribution in [0.15, 0.2) is 0 Å². The Morgan fingerprint density at radius 3 is 2.80 bits per heavy atom. The fraction of sp³-hybridized carbons (Fsp3) is 0.615. The number of rotatable bonds is 2. The zero-order valence-corrected chi connectivity index (χ0v) is 11.7. The average molecular weight is 273 g/mol. The summed E-state index contributed by atoms with van der Waals surface area (Å²) in [5.41, 5.74) is 1.93. The Morgan fingerprint density at radius 1 is 1.15 bits per heavy atom. The number of hydrogen-bond acceptors (Lipinski definition) is 6. The van der Waals surface area contributed by atoms with Crippen LogP contribution in [0, 0.1) is 0 Å². The molecule has 7 heteroatoms. The van der Waals surface area contributed by atoms with Crippen molar-refractivity contribution < 1.29 is 0 Å². The summed E-state index contributed by atoms with van der Waals surface area (Å²) in [5, 5.41) is 11.8. The molecule has 0 amide bonds. The van der Waals surface area contributed by atoms with Gasteiger partial charge in [-0.1, -0.05) is 6.92 Å². The first kappa shape index (κ1) is 11.9. The van der Waals surface area contributed by atoms with Crippen molar-refractivity contribution in [2.75, 3.05) is 49.5 Å². The van der Waals surface area contributed by atoms with E-state index in [1.54, 1.807) is 0 Å². The molecule has 2 aromatic heterocycles. The number of nitrogens with zero attached hydrogens (tertiary/aromatic N) is 5. The molecule has 2 N–H and O–H groups in total. The number of aromatic nitrogens is 4. The normalized spacial score (nSPS) is 19.4. The Balaban J connectivity index is 1.68. The lowest BCUT2D eigenvalue weighted by molar-refractivity contribution is 0.270. The molecule has 0 bridgehead atoms. The van der Waals surface area contributed by atoms with E-state index >= 15 is 0 Å². The first-order valence-electron chi connectivity index (χ1n) is 7.31. The van der Waals surface area contributed by atoms with E-state index in [1.165, 1.54) is 0 Å². The van der Waals surface area contributed by atoms with E-state index in [0.717, 1.165) is 74.2 Å². The smallest absolute Gasteiger partial charge is 0.229 e. The molecule has 2 aliphatic heterocycles. The summed E-state index contributed by atoms with van der Waals surface area (Å²) in [6, 6.07) is 0.